The summed E-state index contributed by atoms with van der Waals surface area (Å²) in [5, 5.41) is 10.1. The lowest BCUT2D eigenvalue weighted by molar-refractivity contribution is -0.182. The van der Waals surface area contributed by atoms with Crippen molar-refractivity contribution in [3.8, 4) is 17.0 Å². The van der Waals surface area contributed by atoms with Gasteiger partial charge in [0.1, 0.15) is 22.5 Å². The van der Waals surface area contributed by atoms with Gasteiger partial charge in [-0.1, -0.05) is 11.6 Å². The third-order valence-corrected chi connectivity index (χ3v) is 5.74. The van der Waals surface area contributed by atoms with Crippen LogP contribution in [0.2, 0.25) is 5.02 Å². The number of carbonyl (C=O) groups is 1. The summed E-state index contributed by atoms with van der Waals surface area (Å²) >= 11 is 6.26. The van der Waals surface area contributed by atoms with Crippen LogP contribution in [0.3, 0.4) is 0 Å². The number of fused-ring (bicyclic) bond motifs is 3. The number of pyridine rings is 1. The summed E-state index contributed by atoms with van der Waals surface area (Å²) in [6.45, 7) is 1.99. The van der Waals surface area contributed by atoms with Gasteiger partial charge in [-0.15, -0.1) is 0 Å². The molecule has 1 aromatic heterocycles. The van der Waals surface area contributed by atoms with E-state index in [1.54, 1.807) is 0 Å². The maximum atomic E-state index is 15.2. The van der Waals surface area contributed by atoms with Crippen LogP contribution in [-0.4, -0.2) is 47.8 Å². The number of carboxylic acids is 1. The molecule has 1 aromatic carbocycles. The van der Waals surface area contributed by atoms with Crippen LogP contribution in [0.5, 0.6) is 5.75 Å². The Morgan fingerprint density at radius 2 is 1.91 bits per heavy atom. The summed E-state index contributed by atoms with van der Waals surface area (Å²) in [7, 11) is 1.52. The first-order valence-corrected chi connectivity index (χ1v) is 10.2. The van der Waals surface area contributed by atoms with E-state index >= 15 is 4.39 Å². The molecular formula is C21H21ClF4N2O5. The third-order valence-electron chi connectivity index (χ3n) is 5.45. The number of hydrogen-bond donors (Lipinski definition) is 1. The lowest BCUT2D eigenvalue weighted by atomic mass is 9.96. The van der Waals surface area contributed by atoms with Crippen molar-refractivity contribution in [1.29, 1.82) is 0 Å². The minimum atomic E-state index is -4.78. The molecule has 0 unspecified atom stereocenters. The Labute approximate surface area is 191 Å². The van der Waals surface area contributed by atoms with E-state index in [-0.39, 0.29) is 35.1 Å². The summed E-state index contributed by atoms with van der Waals surface area (Å²) < 4.78 is 68.2. The van der Waals surface area contributed by atoms with Gasteiger partial charge in [-0.05, 0) is 31.5 Å². The summed E-state index contributed by atoms with van der Waals surface area (Å²) in [4.78, 5) is 23.8. The van der Waals surface area contributed by atoms with Crippen LogP contribution >= 0.6 is 11.6 Å². The van der Waals surface area contributed by atoms with Crippen molar-refractivity contribution in [3.05, 3.63) is 50.5 Å². The van der Waals surface area contributed by atoms with Crippen molar-refractivity contribution in [3.63, 3.8) is 0 Å². The topological polar surface area (TPSA) is 81.0 Å². The fraction of sp³-hybridized carbons (Fsp3) is 0.429. The van der Waals surface area contributed by atoms with E-state index in [2.05, 4.69) is 0 Å². The van der Waals surface area contributed by atoms with Gasteiger partial charge < -0.3 is 14.6 Å². The molecule has 1 N–H and O–H groups in total. The largest absolute Gasteiger partial charge is 0.492 e. The predicted molar refractivity (Wildman–Crippen MR) is 112 cm³/mol. The highest BCUT2D eigenvalue weighted by Gasteiger charge is 2.53. The normalized spacial score (nSPS) is 13.5. The number of aromatic nitrogens is 1. The van der Waals surface area contributed by atoms with Crippen LogP contribution in [0, 0.1) is 5.82 Å². The maximum Gasteiger partial charge on any atom is 0.412 e. The first-order chi connectivity index (χ1) is 15.3. The fourth-order valence-corrected chi connectivity index (χ4v) is 3.67. The number of carboxylic acid groups (broad SMARTS) is 1. The van der Waals surface area contributed by atoms with Crippen molar-refractivity contribution in [2.45, 2.75) is 38.5 Å². The maximum absolute atomic E-state index is 15.2. The highest BCUT2D eigenvalue weighted by atomic mass is 35.5. The second-order valence-electron chi connectivity index (χ2n) is 7.93. The van der Waals surface area contributed by atoms with Crippen molar-refractivity contribution in [1.82, 2.24) is 4.68 Å². The van der Waals surface area contributed by atoms with Crippen molar-refractivity contribution >= 4 is 17.6 Å². The van der Waals surface area contributed by atoms with Gasteiger partial charge in [-0.25, -0.2) is 9.18 Å². The van der Waals surface area contributed by atoms with Gasteiger partial charge in [-0.3, -0.25) is 14.5 Å². The summed E-state index contributed by atoms with van der Waals surface area (Å²) in [6, 6.07) is 2.68. The average molecular weight is 493 g/mol. The highest BCUT2D eigenvalue weighted by Crippen LogP contribution is 2.42. The van der Waals surface area contributed by atoms with Crippen molar-refractivity contribution < 1.29 is 36.9 Å². The second-order valence-corrected chi connectivity index (χ2v) is 8.34. The second kappa shape index (κ2) is 8.86. The highest BCUT2D eigenvalue weighted by molar-refractivity contribution is 6.32. The van der Waals surface area contributed by atoms with Gasteiger partial charge in [0.15, 0.2) is 5.82 Å². The van der Waals surface area contributed by atoms with Crippen LogP contribution in [0.25, 0.3) is 11.3 Å². The Balaban J connectivity index is 2.24. The number of aromatic carboxylic acids is 1. The first-order valence-electron chi connectivity index (χ1n) is 9.79. The Bertz CT molecular complexity index is 1150. The van der Waals surface area contributed by atoms with Gasteiger partial charge in [0.2, 0.25) is 5.43 Å². The Kier molecular flexibility index (Phi) is 6.67. The number of benzene rings is 1. The standard InChI is InChI=1S/C21H21ClF4N2O5/c1-20(2,21(24,25)26)28-9-11-7-15(33-6-4-5-32-3)14(22)8-12(11)17-16(23)18(29)13(19(30)31)10-27(17)28/h7-8,10H,4-6,9H2,1-3H3,(H,30,31). The number of alkyl halides is 3. The number of methoxy groups -OCH3 is 1. The van der Waals surface area contributed by atoms with E-state index in [4.69, 9.17) is 21.1 Å². The van der Waals surface area contributed by atoms with E-state index in [0.717, 1.165) is 23.5 Å². The molecule has 2 heterocycles. The molecule has 1 aliphatic rings. The molecule has 180 valence electrons. The van der Waals surface area contributed by atoms with Crippen molar-refractivity contribution in [2.24, 2.45) is 0 Å². The van der Waals surface area contributed by atoms with Crippen LogP contribution in [0.15, 0.2) is 23.1 Å². The van der Waals surface area contributed by atoms with Gasteiger partial charge in [0.25, 0.3) is 0 Å². The zero-order valence-electron chi connectivity index (χ0n) is 17.9. The Morgan fingerprint density at radius 3 is 2.48 bits per heavy atom. The number of nitrogens with zero attached hydrogens (tertiary/aromatic N) is 2. The summed E-state index contributed by atoms with van der Waals surface area (Å²) in [6.07, 6.45) is -3.55. The molecule has 0 bridgehead atoms. The SMILES string of the molecule is COCCCOc1cc2c(cc1Cl)-c1c(F)c(=O)c(C(=O)O)cn1N(C(C)(C)C(F)(F)F)C2. The molecule has 2 aromatic rings. The fourth-order valence-electron chi connectivity index (χ4n) is 3.45. The molecule has 1 aliphatic heterocycles. The van der Waals surface area contributed by atoms with E-state index < -0.39 is 40.2 Å². The zero-order chi connectivity index (χ0) is 24.7. The Morgan fingerprint density at radius 1 is 1.24 bits per heavy atom. The molecule has 0 saturated heterocycles. The lowest BCUT2D eigenvalue weighted by Gasteiger charge is -2.46. The molecular weight excluding hydrogens is 472 g/mol. The molecule has 0 amide bonds. The monoisotopic (exact) mass is 492 g/mol. The van der Waals surface area contributed by atoms with E-state index in [1.165, 1.54) is 19.2 Å². The number of halogens is 5. The molecule has 7 nitrogen and oxygen atoms in total. The number of hydrogen-bond acceptors (Lipinski definition) is 5. The lowest BCUT2D eigenvalue weighted by Crippen LogP contribution is -2.60. The van der Waals surface area contributed by atoms with E-state index in [1.807, 2.05) is 0 Å². The molecule has 0 atom stereocenters. The molecule has 0 aliphatic carbocycles. The Hall–Kier alpha value is -2.79. The molecule has 12 heteroatoms. The van der Waals surface area contributed by atoms with Crippen molar-refractivity contribution in [2.75, 3.05) is 25.3 Å². The van der Waals surface area contributed by atoms with E-state index in [0.29, 0.717) is 19.2 Å². The molecule has 3 rings (SSSR count). The quantitative estimate of drug-likeness (QED) is 0.460. The average Bonchev–Trinajstić information content (AvgIpc) is 2.72. The van der Waals surface area contributed by atoms with Crippen LogP contribution < -0.4 is 15.2 Å². The van der Waals surface area contributed by atoms with Crippen LogP contribution in [-0.2, 0) is 11.3 Å². The molecule has 33 heavy (non-hydrogen) atoms. The molecule has 0 radical (unpaired) electrons. The summed E-state index contributed by atoms with van der Waals surface area (Å²) in [5.74, 6) is -3.08. The molecule has 0 fully saturated rings. The smallest absolute Gasteiger partial charge is 0.412 e. The predicted octanol–water partition coefficient (Wildman–Crippen LogP) is 4.21. The van der Waals surface area contributed by atoms with Gasteiger partial charge >= 0.3 is 12.1 Å². The van der Waals surface area contributed by atoms with Gasteiger partial charge in [0, 0.05) is 31.9 Å². The minimum Gasteiger partial charge on any atom is -0.492 e. The third kappa shape index (κ3) is 4.39. The number of ether oxygens (including phenoxy) is 2. The molecule has 0 spiro atoms. The summed E-state index contributed by atoms with van der Waals surface area (Å²) in [5.41, 5.74) is -5.23. The van der Waals surface area contributed by atoms with Crippen LogP contribution in [0.1, 0.15) is 36.2 Å². The van der Waals surface area contributed by atoms with Gasteiger partial charge in [0.05, 0.1) is 18.2 Å². The van der Waals surface area contributed by atoms with E-state index in [9.17, 15) is 27.9 Å². The number of rotatable bonds is 7. The zero-order valence-corrected chi connectivity index (χ0v) is 18.7. The van der Waals surface area contributed by atoms with Gasteiger partial charge in [-0.2, -0.15) is 13.2 Å². The minimum absolute atomic E-state index is 0.0513. The molecule has 0 saturated carbocycles. The first kappa shape index (κ1) is 24.8. The van der Waals surface area contributed by atoms with Crippen LogP contribution in [0.4, 0.5) is 17.6 Å².